The van der Waals surface area contributed by atoms with E-state index in [1.54, 1.807) is 16.7 Å². The van der Waals surface area contributed by atoms with Crippen LogP contribution in [0.2, 0.25) is 0 Å². The molecule has 1 atom stereocenters. The SMILES string of the molecule is CCCNC(=O)C(CC)N(CCc1ccccc1)C(=O)CSCc1cccc(C)c1. The maximum atomic E-state index is 13.1. The normalized spacial score (nSPS) is 11.7. The summed E-state index contributed by atoms with van der Waals surface area (Å²) in [4.78, 5) is 27.6. The molecule has 30 heavy (non-hydrogen) atoms. The number of carbonyl (C=O) groups is 2. The highest BCUT2D eigenvalue weighted by Crippen LogP contribution is 2.16. The first-order valence-electron chi connectivity index (χ1n) is 10.8. The van der Waals surface area contributed by atoms with Crippen molar-refractivity contribution in [3.05, 3.63) is 71.3 Å². The molecule has 2 aromatic rings. The van der Waals surface area contributed by atoms with Crippen molar-refractivity contribution >= 4 is 23.6 Å². The molecule has 0 saturated carbocycles. The Hall–Kier alpha value is -2.27. The first-order valence-corrected chi connectivity index (χ1v) is 11.9. The molecule has 0 spiro atoms. The summed E-state index contributed by atoms with van der Waals surface area (Å²) in [7, 11) is 0. The fourth-order valence-electron chi connectivity index (χ4n) is 3.40. The van der Waals surface area contributed by atoms with Gasteiger partial charge in [0.25, 0.3) is 0 Å². The van der Waals surface area contributed by atoms with E-state index in [0.29, 0.717) is 25.3 Å². The predicted octanol–water partition coefficient (Wildman–Crippen LogP) is 4.60. The Balaban J connectivity index is 2.03. The van der Waals surface area contributed by atoms with Crippen LogP contribution in [0.1, 0.15) is 43.4 Å². The molecular formula is C25H34N2O2S. The lowest BCUT2D eigenvalue weighted by Crippen LogP contribution is -2.50. The minimum Gasteiger partial charge on any atom is -0.354 e. The number of nitrogens with one attached hydrogen (secondary N) is 1. The summed E-state index contributed by atoms with van der Waals surface area (Å²) in [5.74, 6) is 1.14. The highest BCUT2D eigenvalue weighted by Gasteiger charge is 2.27. The van der Waals surface area contributed by atoms with Gasteiger partial charge in [0.05, 0.1) is 5.75 Å². The molecule has 2 rings (SSSR count). The summed E-state index contributed by atoms with van der Waals surface area (Å²) >= 11 is 1.61. The van der Waals surface area contributed by atoms with Gasteiger partial charge in [-0.15, -0.1) is 11.8 Å². The van der Waals surface area contributed by atoms with Crippen molar-refractivity contribution in [1.29, 1.82) is 0 Å². The zero-order valence-corrected chi connectivity index (χ0v) is 19.2. The second-order valence-corrected chi connectivity index (χ2v) is 8.51. The molecule has 0 aromatic heterocycles. The van der Waals surface area contributed by atoms with Crippen LogP contribution in [0.4, 0.5) is 0 Å². The molecule has 0 aliphatic carbocycles. The number of amides is 2. The highest BCUT2D eigenvalue weighted by molar-refractivity contribution is 7.99. The van der Waals surface area contributed by atoms with Gasteiger partial charge in [-0.2, -0.15) is 0 Å². The zero-order chi connectivity index (χ0) is 21.8. The number of hydrogen-bond donors (Lipinski definition) is 1. The molecule has 0 radical (unpaired) electrons. The molecule has 5 heteroatoms. The van der Waals surface area contributed by atoms with E-state index in [1.807, 2.05) is 38.1 Å². The van der Waals surface area contributed by atoms with Crippen LogP contribution in [0, 0.1) is 6.92 Å². The van der Waals surface area contributed by atoms with Crippen LogP contribution in [-0.2, 0) is 21.8 Å². The van der Waals surface area contributed by atoms with Crippen molar-refractivity contribution in [3.8, 4) is 0 Å². The minimum absolute atomic E-state index is 0.0297. The molecule has 0 saturated heterocycles. The highest BCUT2D eigenvalue weighted by atomic mass is 32.2. The molecule has 162 valence electrons. The Bertz CT molecular complexity index is 795. The van der Waals surface area contributed by atoms with Crippen molar-refractivity contribution in [2.45, 2.75) is 51.8 Å². The van der Waals surface area contributed by atoms with Gasteiger partial charge >= 0.3 is 0 Å². The van der Waals surface area contributed by atoms with Gasteiger partial charge in [0, 0.05) is 18.8 Å². The van der Waals surface area contributed by atoms with Crippen LogP contribution < -0.4 is 5.32 Å². The van der Waals surface area contributed by atoms with Crippen LogP contribution in [-0.4, -0.2) is 41.6 Å². The summed E-state index contributed by atoms with van der Waals surface area (Å²) in [6, 6.07) is 18.1. The topological polar surface area (TPSA) is 49.4 Å². The summed E-state index contributed by atoms with van der Waals surface area (Å²) in [5, 5.41) is 2.97. The Morgan fingerprint density at radius 1 is 1.03 bits per heavy atom. The average Bonchev–Trinajstić information content (AvgIpc) is 2.75. The maximum absolute atomic E-state index is 13.1. The van der Waals surface area contributed by atoms with E-state index in [1.165, 1.54) is 16.7 Å². The molecule has 0 aliphatic rings. The van der Waals surface area contributed by atoms with E-state index in [9.17, 15) is 9.59 Å². The summed E-state index contributed by atoms with van der Waals surface area (Å²) in [6.45, 7) is 7.26. The van der Waals surface area contributed by atoms with Crippen LogP contribution in [0.5, 0.6) is 0 Å². The molecule has 2 amide bonds. The second-order valence-electron chi connectivity index (χ2n) is 7.52. The number of carbonyl (C=O) groups excluding carboxylic acids is 2. The molecule has 1 unspecified atom stereocenters. The summed E-state index contributed by atoms with van der Waals surface area (Å²) in [6.07, 6.45) is 2.23. The average molecular weight is 427 g/mol. The van der Waals surface area contributed by atoms with Crippen molar-refractivity contribution in [1.82, 2.24) is 10.2 Å². The fraction of sp³-hybridized carbons (Fsp3) is 0.440. The third kappa shape index (κ3) is 7.86. The molecule has 0 heterocycles. The van der Waals surface area contributed by atoms with Crippen LogP contribution in [0.25, 0.3) is 0 Å². The number of aryl methyl sites for hydroxylation is 1. The second kappa shape index (κ2) is 13.1. The first kappa shape index (κ1) is 24.0. The zero-order valence-electron chi connectivity index (χ0n) is 18.4. The molecule has 0 fully saturated rings. The van der Waals surface area contributed by atoms with Gasteiger partial charge in [-0.25, -0.2) is 0 Å². The monoisotopic (exact) mass is 426 g/mol. The largest absolute Gasteiger partial charge is 0.354 e. The standard InChI is InChI=1S/C25H34N2O2S/c1-4-15-26-25(29)23(5-2)27(16-14-21-11-7-6-8-12-21)24(28)19-30-18-22-13-9-10-20(3)17-22/h6-13,17,23H,4-5,14-16,18-19H2,1-3H3,(H,26,29). The Morgan fingerprint density at radius 2 is 1.77 bits per heavy atom. The van der Waals surface area contributed by atoms with Crippen LogP contribution in [0.15, 0.2) is 54.6 Å². The van der Waals surface area contributed by atoms with E-state index < -0.39 is 6.04 Å². The number of nitrogens with zero attached hydrogens (tertiary/aromatic N) is 1. The number of hydrogen-bond acceptors (Lipinski definition) is 3. The Kier molecular flexibility index (Phi) is 10.5. The van der Waals surface area contributed by atoms with Gasteiger partial charge in [-0.05, 0) is 37.3 Å². The van der Waals surface area contributed by atoms with Crippen molar-refractivity contribution in [3.63, 3.8) is 0 Å². The van der Waals surface area contributed by atoms with Crippen LogP contribution >= 0.6 is 11.8 Å². The van der Waals surface area contributed by atoms with Crippen molar-refractivity contribution in [2.24, 2.45) is 0 Å². The molecule has 1 N–H and O–H groups in total. The van der Waals surface area contributed by atoms with Gasteiger partial charge in [-0.1, -0.05) is 74.0 Å². The first-order chi connectivity index (χ1) is 14.5. The van der Waals surface area contributed by atoms with E-state index in [4.69, 9.17) is 0 Å². The quantitative estimate of drug-likeness (QED) is 0.539. The van der Waals surface area contributed by atoms with Gasteiger partial charge < -0.3 is 10.2 Å². The van der Waals surface area contributed by atoms with E-state index in [-0.39, 0.29) is 11.8 Å². The number of rotatable bonds is 12. The van der Waals surface area contributed by atoms with Gasteiger partial charge in [0.2, 0.25) is 11.8 Å². The third-order valence-corrected chi connectivity index (χ3v) is 5.98. The summed E-state index contributed by atoms with van der Waals surface area (Å²) in [5.41, 5.74) is 3.62. The van der Waals surface area contributed by atoms with Gasteiger partial charge in [0.15, 0.2) is 0 Å². The smallest absolute Gasteiger partial charge is 0.242 e. The Labute approximate surface area is 185 Å². The Morgan fingerprint density at radius 3 is 2.43 bits per heavy atom. The lowest BCUT2D eigenvalue weighted by molar-refractivity contribution is -0.138. The van der Waals surface area contributed by atoms with Gasteiger partial charge in [-0.3, -0.25) is 9.59 Å². The molecule has 0 aliphatic heterocycles. The lowest BCUT2D eigenvalue weighted by atomic mass is 10.1. The van der Waals surface area contributed by atoms with Gasteiger partial charge in [0.1, 0.15) is 6.04 Å². The molecule has 2 aromatic carbocycles. The van der Waals surface area contributed by atoms with Crippen LogP contribution in [0.3, 0.4) is 0 Å². The predicted molar refractivity (Wildman–Crippen MR) is 127 cm³/mol. The number of benzene rings is 2. The summed E-state index contributed by atoms with van der Waals surface area (Å²) < 4.78 is 0. The molecule has 4 nitrogen and oxygen atoms in total. The maximum Gasteiger partial charge on any atom is 0.242 e. The minimum atomic E-state index is -0.424. The third-order valence-electron chi connectivity index (χ3n) is 5.00. The van der Waals surface area contributed by atoms with Crippen molar-refractivity contribution in [2.75, 3.05) is 18.8 Å². The van der Waals surface area contributed by atoms with E-state index in [2.05, 4.69) is 42.6 Å². The molecule has 0 bridgehead atoms. The number of thioether (sulfide) groups is 1. The van der Waals surface area contributed by atoms with E-state index in [0.717, 1.165) is 18.6 Å². The van der Waals surface area contributed by atoms with Crippen molar-refractivity contribution < 1.29 is 9.59 Å². The lowest BCUT2D eigenvalue weighted by Gasteiger charge is -2.30. The van der Waals surface area contributed by atoms with E-state index >= 15 is 0 Å². The fourth-order valence-corrected chi connectivity index (χ4v) is 4.26. The molecular weight excluding hydrogens is 392 g/mol.